The molecule has 0 radical (unpaired) electrons. The van der Waals surface area contributed by atoms with E-state index in [1.807, 2.05) is 19.1 Å². The maximum Gasteiger partial charge on any atom is 0.272 e. The van der Waals surface area contributed by atoms with Gasteiger partial charge in [0, 0.05) is 7.05 Å². The number of hydrogen-bond donors (Lipinski definition) is 1. The molecule has 0 bridgehead atoms. The zero-order valence-corrected chi connectivity index (χ0v) is 8.20. The van der Waals surface area contributed by atoms with Crippen molar-refractivity contribution in [3.05, 3.63) is 28.6 Å². The average molecular weight is 192 g/mol. The van der Waals surface area contributed by atoms with Crippen molar-refractivity contribution < 1.29 is 4.74 Å². The summed E-state index contributed by atoms with van der Waals surface area (Å²) in [6.07, 6.45) is 0. The van der Waals surface area contributed by atoms with Crippen LogP contribution >= 0.6 is 0 Å². The fraction of sp³-hybridized carbons (Fsp3) is 0.300. The molecule has 0 aliphatic rings. The number of aromatic amines is 1. The smallest absolute Gasteiger partial charge is 0.272 e. The Kier molecular flexibility index (Phi) is 2.04. The molecule has 0 spiro atoms. The van der Waals surface area contributed by atoms with E-state index in [9.17, 15) is 4.79 Å². The first kappa shape index (κ1) is 8.87. The van der Waals surface area contributed by atoms with Gasteiger partial charge in [-0.1, -0.05) is 6.07 Å². The van der Waals surface area contributed by atoms with Gasteiger partial charge in [0.1, 0.15) is 11.3 Å². The Labute approximate surface area is 81.1 Å². The highest BCUT2D eigenvalue weighted by Crippen LogP contribution is 2.22. The van der Waals surface area contributed by atoms with Gasteiger partial charge < -0.3 is 4.74 Å². The molecule has 4 nitrogen and oxygen atoms in total. The van der Waals surface area contributed by atoms with Crippen LogP contribution < -0.4 is 10.3 Å². The molecule has 14 heavy (non-hydrogen) atoms. The van der Waals surface area contributed by atoms with E-state index in [0.717, 1.165) is 11.3 Å². The molecule has 0 saturated carbocycles. The Morgan fingerprint density at radius 1 is 1.50 bits per heavy atom. The molecule has 1 heterocycles. The van der Waals surface area contributed by atoms with Gasteiger partial charge in [-0.15, -0.1) is 0 Å². The Morgan fingerprint density at radius 3 is 3.00 bits per heavy atom. The third-order valence-corrected chi connectivity index (χ3v) is 2.15. The number of para-hydroxylation sites is 1. The summed E-state index contributed by atoms with van der Waals surface area (Å²) in [6.45, 7) is 2.52. The zero-order valence-electron chi connectivity index (χ0n) is 8.20. The van der Waals surface area contributed by atoms with Crippen LogP contribution in [0.15, 0.2) is 23.0 Å². The molecular formula is C10H12N2O2. The Hall–Kier alpha value is -1.71. The van der Waals surface area contributed by atoms with Crippen LogP contribution in [-0.2, 0) is 7.05 Å². The van der Waals surface area contributed by atoms with Gasteiger partial charge in [-0.2, -0.15) is 0 Å². The lowest BCUT2D eigenvalue weighted by atomic mass is 10.2. The minimum absolute atomic E-state index is 0.0796. The van der Waals surface area contributed by atoms with Gasteiger partial charge in [-0.25, -0.2) is 0 Å². The van der Waals surface area contributed by atoms with Crippen molar-refractivity contribution >= 4 is 10.9 Å². The molecule has 4 heteroatoms. The van der Waals surface area contributed by atoms with Gasteiger partial charge in [0.2, 0.25) is 0 Å². The summed E-state index contributed by atoms with van der Waals surface area (Å²) in [4.78, 5) is 11.4. The SMILES string of the molecule is CCOc1cccc2c(=O)[nH]n(C)c12. The van der Waals surface area contributed by atoms with Crippen molar-refractivity contribution in [2.45, 2.75) is 6.92 Å². The van der Waals surface area contributed by atoms with Crippen molar-refractivity contribution in [3.8, 4) is 5.75 Å². The third-order valence-electron chi connectivity index (χ3n) is 2.15. The van der Waals surface area contributed by atoms with Crippen molar-refractivity contribution in [2.24, 2.45) is 7.05 Å². The molecular weight excluding hydrogens is 180 g/mol. The number of fused-ring (bicyclic) bond motifs is 1. The van der Waals surface area contributed by atoms with E-state index >= 15 is 0 Å². The highest BCUT2D eigenvalue weighted by molar-refractivity contribution is 5.84. The molecule has 2 rings (SSSR count). The van der Waals surface area contributed by atoms with E-state index in [4.69, 9.17) is 4.74 Å². The fourth-order valence-corrected chi connectivity index (χ4v) is 1.59. The van der Waals surface area contributed by atoms with Crippen molar-refractivity contribution in [1.82, 2.24) is 9.78 Å². The Bertz CT molecular complexity index is 510. The van der Waals surface area contributed by atoms with Crippen LogP contribution in [0.4, 0.5) is 0 Å². The molecule has 1 aromatic carbocycles. The number of benzene rings is 1. The number of rotatable bonds is 2. The first-order valence-electron chi connectivity index (χ1n) is 4.54. The fourth-order valence-electron chi connectivity index (χ4n) is 1.59. The summed E-state index contributed by atoms with van der Waals surface area (Å²) in [5.74, 6) is 0.742. The van der Waals surface area contributed by atoms with Crippen LogP contribution in [0, 0.1) is 0 Å². The van der Waals surface area contributed by atoms with Gasteiger partial charge in [0.15, 0.2) is 0 Å². The molecule has 0 saturated heterocycles. The zero-order chi connectivity index (χ0) is 10.1. The number of nitrogens with one attached hydrogen (secondary N) is 1. The summed E-state index contributed by atoms with van der Waals surface area (Å²) in [5, 5.41) is 3.36. The summed E-state index contributed by atoms with van der Waals surface area (Å²) < 4.78 is 7.12. The summed E-state index contributed by atoms with van der Waals surface area (Å²) in [5.41, 5.74) is 0.739. The maximum absolute atomic E-state index is 11.4. The molecule has 2 aromatic rings. The average Bonchev–Trinajstić information content (AvgIpc) is 2.44. The predicted molar refractivity (Wildman–Crippen MR) is 54.7 cm³/mol. The summed E-state index contributed by atoms with van der Waals surface area (Å²) >= 11 is 0. The normalized spacial score (nSPS) is 10.7. The van der Waals surface area contributed by atoms with Gasteiger partial charge in [-0.3, -0.25) is 14.6 Å². The van der Waals surface area contributed by atoms with E-state index in [2.05, 4.69) is 5.10 Å². The standard InChI is InChI=1S/C10H12N2O2/c1-3-14-8-6-4-5-7-9(8)12(2)11-10(7)13/h4-6H,3H2,1-2H3,(H,11,13). The first-order valence-corrected chi connectivity index (χ1v) is 4.54. The number of nitrogens with zero attached hydrogens (tertiary/aromatic N) is 1. The number of aryl methyl sites for hydroxylation is 1. The van der Waals surface area contributed by atoms with Crippen LogP contribution in [0.3, 0.4) is 0 Å². The van der Waals surface area contributed by atoms with Crippen LogP contribution in [0.1, 0.15) is 6.92 Å². The van der Waals surface area contributed by atoms with E-state index in [-0.39, 0.29) is 5.56 Å². The van der Waals surface area contributed by atoms with Gasteiger partial charge in [-0.05, 0) is 19.1 Å². The highest BCUT2D eigenvalue weighted by atomic mass is 16.5. The summed E-state index contributed by atoms with van der Waals surface area (Å²) in [7, 11) is 1.80. The number of aromatic nitrogens is 2. The van der Waals surface area contributed by atoms with Crippen LogP contribution in [0.5, 0.6) is 5.75 Å². The van der Waals surface area contributed by atoms with E-state index < -0.39 is 0 Å². The lowest BCUT2D eigenvalue weighted by molar-refractivity contribution is 0.342. The first-order chi connectivity index (χ1) is 6.74. The lowest BCUT2D eigenvalue weighted by Gasteiger charge is -2.05. The topological polar surface area (TPSA) is 47.0 Å². The minimum Gasteiger partial charge on any atom is -0.492 e. The number of H-pyrrole nitrogens is 1. The Balaban J connectivity index is 2.78. The van der Waals surface area contributed by atoms with Crippen LogP contribution in [0.25, 0.3) is 10.9 Å². The molecule has 0 atom stereocenters. The number of hydrogen-bond acceptors (Lipinski definition) is 2. The molecule has 0 aliphatic heterocycles. The predicted octanol–water partition coefficient (Wildman–Crippen LogP) is 1.27. The minimum atomic E-state index is -0.0796. The Morgan fingerprint density at radius 2 is 2.29 bits per heavy atom. The van der Waals surface area contributed by atoms with Gasteiger partial charge in [0.05, 0.1) is 12.0 Å². The second-order valence-corrected chi connectivity index (χ2v) is 3.09. The summed E-state index contributed by atoms with van der Waals surface area (Å²) in [6, 6.07) is 5.47. The van der Waals surface area contributed by atoms with E-state index in [0.29, 0.717) is 12.0 Å². The second kappa shape index (κ2) is 3.21. The lowest BCUT2D eigenvalue weighted by Crippen LogP contribution is -2.01. The molecule has 1 N–H and O–H groups in total. The van der Waals surface area contributed by atoms with Crippen molar-refractivity contribution in [2.75, 3.05) is 6.61 Å². The van der Waals surface area contributed by atoms with Crippen LogP contribution in [-0.4, -0.2) is 16.4 Å². The quantitative estimate of drug-likeness (QED) is 0.778. The third kappa shape index (κ3) is 1.19. The monoisotopic (exact) mass is 192 g/mol. The van der Waals surface area contributed by atoms with Gasteiger partial charge in [0.25, 0.3) is 5.56 Å². The molecule has 0 amide bonds. The second-order valence-electron chi connectivity index (χ2n) is 3.09. The van der Waals surface area contributed by atoms with Gasteiger partial charge >= 0.3 is 0 Å². The highest BCUT2D eigenvalue weighted by Gasteiger charge is 2.08. The van der Waals surface area contributed by atoms with Crippen molar-refractivity contribution in [3.63, 3.8) is 0 Å². The maximum atomic E-state index is 11.4. The van der Waals surface area contributed by atoms with Crippen molar-refractivity contribution in [1.29, 1.82) is 0 Å². The molecule has 74 valence electrons. The molecule has 0 fully saturated rings. The largest absolute Gasteiger partial charge is 0.492 e. The molecule has 1 aromatic heterocycles. The molecule has 0 unspecified atom stereocenters. The van der Waals surface area contributed by atoms with E-state index in [1.165, 1.54) is 0 Å². The van der Waals surface area contributed by atoms with E-state index in [1.54, 1.807) is 17.8 Å². The van der Waals surface area contributed by atoms with Crippen LogP contribution in [0.2, 0.25) is 0 Å². The molecule has 0 aliphatic carbocycles. The number of ether oxygens (including phenoxy) is 1.